The van der Waals surface area contributed by atoms with Crippen LogP contribution >= 0.6 is 0 Å². The molecule has 0 aliphatic heterocycles. The van der Waals surface area contributed by atoms with Crippen molar-refractivity contribution in [2.45, 2.75) is 65.6 Å². The van der Waals surface area contributed by atoms with Crippen molar-refractivity contribution >= 4 is 11.8 Å². The molecule has 1 N–H and O–H groups in total. The summed E-state index contributed by atoms with van der Waals surface area (Å²) < 4.78 is 0. The highest BCUT2D eigenvalue weighted by Gasteiger charge is 2.29. The molecule has 1 unspecified atom stereocenters. The summed E-state index contributed by atoms with van der Waals surface area (Å²) in [6.07, 6.45) is 0.993. The SMILES string of the molecule is CCC(=O)N(Cc1ccccc1)C(CC)C(=O)NC(C)(C)C. The molecule has 1 aromatic rings. The van der Waals surface area contributed by atoms with Crippen LogP contribution in [0.1, 0.15) is 53.0 Å². The van der Waals surface area contributed by atoms with Gasteiger partial charge in [-0.05, 0) is 32.8 Å². The van der Waals surface area contributed by atoms with E-state index in [-0.39, 0.29) is 17.4 Å². The second kappa shape index (κ2) is 7.97. The molecule has 0 saturated heterocycles. The molecule has 22 heavy (non-hydrogen) atoms. The Hall–Kier alpha value is -1.84. The highest BCUT2D eigenvalue weighted by atomic mass is 16.2. The van der Waals surface area contributed by atoms with E-state index < -0.39 is 6.04 Å². The second-order valence-corrected chi connectivity index (χ2v) is 6.52. The molecule has 4 nitrogen and oxygen atoms in total. The normalized spacial score (nSPS) is 12.6. The lowest BCUT2D eigenvalue weighted by Gasteiger charge is -2.33. The maximum Gasteiger partial charge on any atom is 0.243 e. The summed E-state index contributed by atoms with van der Waals surface area (Å²) in [7, 11) is 0. The molecule has 0 radical (unpaired) electrons. The molecular weight excluding hydrogens is 276 g/mol. The molecule has 0 heterocycles. The van der Waals surface area contributed by atoms with Gasteiger partial charge < -0.3 is 10.2 Å². The fourth-order valence-corrected chi connectivity index (χ4v) is 2.36. The molecule has 0 spiro atoms. The number of nitrogens with one attached hydrogen (secondary N) is 1. The summed E-state index contributed by atoms with van der Waals surface area (Å²) in [5, 5.41) is 2.98. The molecule has 0 bridgehead atoms. The predicted octanol–water partition coefficient (Wildman–Crippen LogP) is 3.12. The topological polar surface area (TPSA) is 49.4 Å². The minimum atomic E-state index is -0.438. The number of carbonyl (C=O) groups excluding carboxylic acids is 2. The molecule has 0 saturated carbocycles. The number of benzene rings is 1. The maximum absolute atomic E-state index is 12.5. The van der Waals surface area contributed by atoms with Crippen molar-refractivity contribution in [3.05, 3.63) is 35.9 Å². The molecule has 0 fully saturated rings. The zero-order valence-corrected chi connectivity index (χ0v) is 14.3. The molecule has 1 atom stereocenters. The Morgan fingerprint density at radius 2 is 1.73 bits per heavy atom. The Bertz CT molecular complexity index is 492. The van der Waals surface area contributed by atoms with Gasteiger partial charge in [0.15, 0.2) is 0 Å². The molecule has 4 heteroatoms. The lowest BCUT2D eigenvalue weighted by Crippen LogP contribution is -2.53. The zero-order valence-electron chi connectivity index (χ0n) is 14.3. The maximum atomic E-state index is 12.5. The summed E-state index contributed by atoms with van der Waals surface area (Å²) >= 11 is 0. The Kier molecular flexibility index (Phi) is 6.60. The van der Waals surface area contributed by atoms with Gasteiger partial charge in [0.2, 0.25) is 11.8 Å². The standard InChI is InChI=1S/C18H28N2O2/c1-6-15(17(22)19-18(3,4)5)20(16(21)7-2)13-14-11-9-8-10-12-14/h8-12,15H,6-7,13H2,1-5H3,(H,19,22). The molecule has 0 aromatic heterocycles. The van der Waals surface area contributed by atoms with Gasteiger partial charge in [0.05, 0.1) is 0 Å². The average Bonchev–Trinajstić information content (AvgIpc) is 2.45. The van der Waals surface area contributed by atoms with Gasteiger partial charge in [-0.25, -0.2) is 0 Å². The van der Waals surface area contributed by atoms with E-state index in [1.807, 2.05) is 65.0 Å². The van der Waals surface area contributed by atoms with Gasteiger partial charge in [-0.2, -0.15) is 0 Å². The first-order valence-corrected chi connectivity index (χ1v) is 7.94. The van der Waals surface area contributed by atoms with Crippen molar-refractivity contribution in [2.24, 2.45) is 0 Å². The van der Waals surface area contributed by atoms with Crippen LogP contribution in [0.3, 0.4) is 0 Å². The van der Waals surface area contributed by atoms with Crippen LogP contribution in [0.4, 0.5) is 0 Å². The van der Waals surface area contributed by atoms with Crippen LogP contribution in [-0.4, -0.2) is 28.3 Å². The smallest absolute Gasteiger partial charge is 0.243 e. The van der Waals surface area contributed by atoms with Gasteiger partial charge in [0.25, 0.3) is 0 Å². The summed E-state index contributed by atoms with van der Waals surface area (Å²) in [6, 6.07) is 9.35. The third-order valence-electron chi connectivity index (χ3n) is 3.38. The summed E-state index contributed by atoms with van der Waals surface area (Å²) in [5.41, 5.74) is 0.726. The van der Waals surface area contributed by atoms with Crippen molar-refractivity contribution in [3.63, 3.8) is 0 Å². The minimum Gasteiger partial charge on any atom is -0.350 e. The highest BCUT2D eigenvalue weighted by molar-refractivity contribution is 5.87. The molecule has 1 rings (SSSR count). The Balaban J connectivity index is 2.97. The Morgan fingerprint density at radius 3 is 2.18 bits per heavy atom. The van der Waals surface area contributed by atoms with Crippen LogP contribution in [-0.2, 0) is 16.1 Å². The summed E-state index contributed by atoms with van der Waals surface area (Å²) in [4.78, 5) is 26.6. The van der Waals surface area contributed by atoms with E-state index in [2.05, 4.69) is 5.32 Å². The van der Waals surface area contributed by atoms with E-state index in [9.17, 15) is 9.59 Å². The molecule has 0 aliphatic carbocycles. The summed E-state index contributed by atoms with van der Waals surface area (Å²) in [5.74, 6) is -0.0903. The van der Waals surface area contributed by atoms with Crippen molar-refractivity contribution < 1.29 is 9.59 Å². The highest BCUT2D eigenvalue weighted by Crippen LogP contribution is 2.14. The minimum absolute atomic E-state index is 0.000220. The first kappa shape index (κ1) is 18.2. The van der Waals surface area contributed by atoms with Crippen LogP contribution in [0.2, 0.25) is 0 Å². The fourth-order valence-electron chi connectivity index (χ4n) is 2.36. The molecule has 2 amide bonds. The molecule has 1 aromatic carbocycles. The van der Waals surface area contributed by atoms with Crippen molar-refractivity contribution in [3.8, 4) is 0 Å². The van der Waals surface area contributed by atoms with Gasteiger partial charge in [-0.15, -0.1) is 0 Å². The van der Waals surface area contributed by atoms with Crippen LogP contribution in [0.25, 0.3) is 0 Å². The first-order chi connectivity index (χ1) is 10.3. The van der Waals surface area contributed by atoms with Crippen LogP contribution in [0.15, 0.2) is 30.3 Å². The Morgan fingerprint density at radius 1 is 1.14 bits per heavy atom. The number of carbonyl (C=O) groups is 2. The van der Waals surface area contributed by atoms with Gasteiger partial charge in [0, 0.05) is 18.5 Å². The third kappa shape index (κ3) is 5.51. The van der Waals surface area contributed by atoms with E-state index in [1.54, 1.807) is 4.90 Å². The number of hydrogen-bond donors (Lipinski definition) is 1. The zero-order chi connectivity index (χ0) is 16.8. The quantitative estimate of drug-likeness (QED) is 0.878. The van der Waals surface area contributed by atoms with E-state index in [1.165, 1.54) is 0 Å². The molecule has 122 valence electrons. The van der Waals surface area contributed by atoms with Crippen LogP contribution in [0, 0.1) is 0 Å². The fraction of sp³-hybridized carbons (Fsp3) is 0.556. The van der Waals surface area contributed by atoms with Gasteiger partial charge in [-0.3, -0.25) is 9.59 Å². The van der Waals surface area contributed by atoms with E-state index >= 15 is 0 Å². The third-order valence-corrected chi connectivity index (χ3v) is 3.38. The monoisotopic (exact) mass is 304 g/mol. The number of amides is 2. The largest absolute Gasteiger partial charge is 0.350 e. The van der Waals surface area contributed by atoms with E-state index in [0.717, 1.165) is 5.56 Å². The molecular formula is C18H28N2O2. The predicted molar refractivity (Wildman–Crippen MR) is 89.3 cm³/mol. The van der Waals surface area contributed by atoms with E-state index in [4.69, 9.17) is 0 Å². The van der Waals surface area contributed by atoms with Crippen molar-refractivity contribution in [1.29, 1.82) is 0 Å². The van der Waals surface area contributed by atoms with E-state index in [0.29, 0.717) is 19.4 Å². The summed E-state index contributed by atoms with van der Waals surface area (Å²) in [6.45, 7) is 10.1. The average molecular weight is 304 g/mol. The van der Waals surface area contributed by atoms with Crippen molar-refractivity contribution in [2.75, 3.05) is 0 Å². The lowest BCUT2D eigenvalue weighted by molar-refractivity contribution is -0.141. The Labute approximate surface area is 133 Å². The van der Waals surface area contributed by atoms with Gasteiger partial charge in [-0.1, -0.05) is 44.2 Å². The van der Waals surface area contributed by atoms with Crippen LogP contribution in [0.5, 0.6) is 0 Å². The lowest BCUT2D eigenvalue weighted by atomic mass is 10.1. The van der Waals surface area contributed by atoms with Crippen LogP contribution < -0.4 is 5.32 Å². The molecule has 0 aliphatic rings. The van der Waals surface area contributed by atoms with Crippen molar-refractivity contribution in [1.82, 2.24) is 10.2 Å². The first-order valence-electron chi connectivity index (χ1n) is 7.94. The second-order valence-electron chi connectivity index (χ2n) is 6.52. The number of hydrogen-bond acceptors (Lipinski definition) is 2. The van der Waals surface area contributed by atoms with Gasteiger partial charge in [0.1, 0.15) is 6.04 Å². The van der Waals surface area contributed by atoms with Gasteiger partial charge >= 0.3 is 0 Å². The number of rotatable bonds is 6. The number of nitrogens with zero attached hydrogens (tertiary/aromatic N) is 1.